The van der Waals surface area contributed by atoms with E-state index in [0.29, 0.717) is 22.5 Å². The Bertz CT molecular complexity index is 766. The zero-order valence-corrected chi connectivity index (χ0v) is 16.5. The zero-order chi connectivity index (χ0) is 18.6. The van der Waals surface area contributed by atoms with Crippen molar-refractivity contribution in [3.05, 3.63) is 56.8 Å². The zero-order valence-electron chi connectivity index (χ0n) is 14.9. The van der Waals surface area contributed by atoms with Crippen LogP contribution in [0.5, 0.6) is 0 Å². The van der Waals surface area contributed by atoms with Gasteiger partial charge in [-0.25, -0.2) is 4.79 Å². The molecule has 5 nitrogen and oxygen atoms in total. The number of esters is 1. The van der Waals surface area contributed by atoms with Crippen molar-refractivity contribution in [2.45, 2.75) is 33.2 Å². The fraction of sp³-hybridized carbons (Fsp3) is 0.368. The minimum atomic E-state index is -0.431. The molecule has 0 amide bonds. The first-order valence-electron chi connectivity index (χ1n) is 8.18. The van der Waals surface area contributed by atoms with Gasteiger partial charge in [-0.15, -0.1) is 0 Å². The monoisotopic (exact) mass is 406 g/mol. The highest BCUT2D eigenvalue weighted by atomic mass is 79.9. The number of rotatable bonds is 7. The maximum absolute atomic E-state index is 12.6. The van der Waals surface area contributed by atoms with Crippen LogP contribution < -0.4 is 5.32 Å². The molecule has 2 aromatic rings. The van der Waals surface area contributed by atoms with Crippen LogP contribution in [0.2, 0.25) is 0 Å². The SMILES string of the molecule is CC[C@@H](NCC(=O)c1[nH]c(C)c(C(=O)OC)c1C)c1ccc(Br)cc1. The Morgan fingerprint density at radius 3 is 2.44 bits per heavy atom. The van der Waals surface area contributed by atoms with E-state index in [-0.39, 0.29) is 18.4 Å². The molecule has 25 heavy (non-hydrogen) atoms. The van der Waals surface area contributed by atoms with Crippen molar-refractivity contribution in [3.63, 3.8) is 0 Å². The van der Waals surface area contributed by atoms with Crippen LogP contribution in [0, 0.1) is 13.8 Å². The lowest BCUT2D eigenvalue weighted by Crippen LogP contribution is -2.28. The third-order valence-corrected chi connectivity index (χ3v) is 4.82. The first-order chi connectivity index (χ1) is 11.9. The van der Waals surface area contributed by atoms with Crippen LogP contribution in [0.15, 0.2) is 28.7 Å². The van der Waals surface area contributed by atoms with Gasteiger partial charge < -0.3 is 15.0 Å². The summed E-state index contributed by atoms with van der Waals surface area (Å²) in [6, 6.07) is 8.14. The maximum atomic E-state index is 12.6. The minimum Gasteiger partial charge on any atom is -0.465 e. The number of nitrogens with one attached hydrogen (secondary N) is 2. The van der Waals surface area contributed by atoms with Gasteiger partial charge in [-0.05, 0) is 43.5 Å². The van der Waals surface area contributed by atoms with Crippen molar-refractivity contribution in [1.29, 1.82) is 0 Å². The second kappa shape index (κ2) is 8.45. The number of benzene rings is 1. The van der Waals surface area contributed by atoms with Gasteiger partial charge in [0.25, 0.3) is 0 Å². The Kier molecular flexibility index (Phi) is 6.56. The van der Waals surface area contributed by atoms with E-state index in [1.165, 1.54) is 7.11 Å². The Morgan fingerprint density at radius 1 is 1.24 bits per heavy atom. The van der Waals surface area contributed by atoms with Crippen LogP contribution >= 0.6 is 15.9 Å². The molecule has 1 atom stereocenters. The largest absolute Gasteiger partial charge is 0.465 e. The van der Waals surface area contributed by atoms with Gasteiger partial charge in [0.15, 0.2) is 5.78 Å². The molecule has 0 aliphatic rings. The molecule has 0 fully saturated rings. The van der Waals surface area contributed by atoms with Gasteiger partial charge in [-0.1, -0.05) is 35.0 Å². The summed E-state index contributed by atoms with van der Waals surface area (Å²) in [5.41, 5.74) is 3.30. The molecular formula is C19H23BrN2O3. The summed E-state index contributed by atoms with van der Waals surface area (Å²) < 4.78 is 5.81. The van der Waals surface area contributed by atoms with Gasteiger partial charge in [-0.2, -0.15) is 0 Å². The normalized spacial score (nSPS) is 12.0. The van der Waals surface area contributed by atoms with E-state index in [1.807, 2.05) is 24.3 Å². The second-order valence-corrected chi connectivity index (χ2v) is 6.85. The molecule has 2 N–H and O–H groups in total. The number of H-pyrrole nitrogens is 1. The van der Waals surface area contributed by atoms with Crippen LogP contribution in [0.25, 0.3) is 0 Å². The van der Waals surface area contributed by atoms with Crippen molar-refractivity contribution in [2.75, 3.05) is 13.7 Å². The third-order valence-electron chi connectivity index (χ3n) is 4.30. The number of hydrogen-bond acceptors (Lipinski definition) is 4. The molecule has 0 unspecified atom stereocenters. The number of carbonyl (C=O) groups is 2. The van der Waals surface area contributed by atoms with Gasteiger partial charge in [0, 0.05) is 16.2 Å². The second-order valence-electron chi connectivity index (χ2n) is 5.93. The predicted molar refractivity (Wildman–Crippen MR) is 101 cm³/mol. The number of aromatic amines is 1. The molecule has 0 bridgehead atoms. The Hall–Kier alpha value is -1.92. The van der Waals surface area contributed by atoms with Crippen molar-refractivity contribution in [3.8, 4) is 0 Å². The number of ether oxygens (including phenoxy) is 1. The van der Waals surface area contributed by atoms with Crippen molar-refractivity contribution in [2.24, 2.45) is 0 Å². The average molecular weight is 407 g/mol. The minimum absolute atomic E-state index is 0.0775. The summed E-state index contributed by atoms with van der Waals surface area (Å²) in [4.78, 5) is 27.5. The number of halogens is 1. The van der Waals surface area contributed by atoms with E-state index in [4.69, 9.17) is 4.74 Å². The van der Waals surface area contributed by atoms with E-state index >= 15 is 0 Å². The number of aryl methyl sites for hydroxylation is 1. The lowest BCUT2D eigenvalue weighted by Gasteiger charge is -2.17. The Labute approximate surface area is 156 Å². The summed E-state index contributed by atoms with van der Waals surface area (Å²) in [5, 5.41) is 3.30. The van der Waals surface area contributed by atoms with E-state index in [9.17, 15) is 9.59 Å². The maximum Gasteiger partial charge on any atom is 0.339 e. The number of aromatic nitrogens is 1. The summed E-state index contributed by atoms with van der Waals surface area (Å²) in [6.45, 7) is 5.79. The predicted octanol–water partition coefficient (Wildman–Crippen LogP) is 4.10. The number of carbonyl (C=O) groups excluding carboxylic acids is 2. The number of Topliss-reactive ketones (excluding diaryl/α,β-unsaturated/α-hetero) is 1. The van der Waals surface area contributed by atoms with E-state index in [2.05, 4.69) is 33.2 Å². The first kappa shape index (κ1) is 19.4. The first-order valence-corrected chi connectivity index (χ1v) is 8.97. The van der Waals surface area contributed by atoms with Crippen LogP contribution in [-0.2, 0) is 4.74 Å². The van der Waals surface area contributed by atoms with E-state index in [0.717, 1.165) is 16.5 Å². The third kappa shape index (κ3) is 4.38. The molecule has 0 spiro atoms. The Balaban J connectivity index is 2.11. The fourth-order valence-electron chi connectivity index (χ4n) is 2.93. The van der Waals surface area contributed by atoms with Gasteiger partial charge in [0.2, 0.25) is 0 Å². The molecule has 2 rings (SSSR count). The Morgan fingerprint density at radius 2 is 1.88 bits per heavy atom. The van der Waals surface area contributed by atoms with Gasteiger partial charge in [0.1, 0.15) is 0 Å². The molecule has 1 aromatic heterocycles. The average Bonchev–Trinajstić information content (AvgIpc) is 2.90. The molecule has 134 valence electrons. The van der Waals surface area contributed by atoms with Crippen molar-refractivity contribution < 1.29 is 14.3 Å². The molecule has 0 radical (unpaired) electrons. The highest BCUT2D eigenvalue weighted by molar-refractivity contribution is 9.10. The summed E-state index contributed by atoms with van der Waals surface area (Å²) in [5.74, 6) is -0.508. The highest BCUT2D eigenvalue weighted by Crippen LogP contribution is 2.21. The molecule has 0 aliphatic carbocycles. The standard InChI is InChI=1S/C19H23BrN2O3/c1-5-15(13-6-8-14(20)9-7-13)21-10-16(23)18-11(2)17(12(3)22-18)19(24)25-4/h6-9,15,21-22H,5,10H2,1-4H3/t15-/m1/s1. The van der Waals surface area contributed by atoms with Crippen molar-refractivity contribution in [1.82, 2.24) is 10.3 Å². The van der Waals surface area contributed by atoms with Crippen molar-refractivity contribution >= 4 is 27.7 Å². The fourth-order valence-corrected chi connectivity index (χ4v) is 3.20. The highest BCUT2D eigenvalue weighted by Gasteiger charge is 2.22. The van der Waals surface area contributed by atoms with Gasteiger partial charge in [0.05, 0.1) is 24.9 Å². The van der Waals surface area contributed by atoms with E-state index in [1.54, 1.807) is 13.8 Å². The van der Waals surface area contributed by atoms with Crippen LogP contribution in [0.3, 0.4) is 0 Å². The lowest BCUT2D eigenvalue weighted by molar-refractivity contribution is 0.0599. The van der Waals surface area contributed by atoms with Crippen LogP contribution in [-0.4, -0.2) is 30.4 Å². The number of ketones is 1. The van der Waals surface area contributed by atoms with Crippen LogP contribution in [0.4, 0.5) is 0 Å². The summed E-state index contributed by atoms with van der Waals surface area (Å²) >= 11 is 3.43. The molecule has 0 saturated heterocycles. The topological polar surface area (TPSA) is 71.2 Å². The van der Waals surface area contributed by atoms with Gasteiger partial charge in [-0.3, -0.25) is 4.79 Å². The summed E-state index contributed by atoms with van der Waals surface area (Å²) in [6.07, 6.45) is 0.866. The molecule has 0 saturated carbocycles. The molecular weight excluding hydrogens is 384 g/mol. The quantitative estimate of drug-likeness (QED) is 0.536. The van der Waals surface area contributed by atoms with Crippen LogP contribution in [0.1, 0.15) is 57.1 Å². The molecule has 1 heterocycles. The molecule has 1 aromatic carbocycles. The molecule has 6 heteroatoms. The lowest BCUT2D eigenvalue weighted by atomic mass is 10.0. The summed E-state index contributed by atoms with van der Waals surface area (Å²) in [7, 11) is 1.33. The molecule has 0 aliphatic heterocycles. The van der Waals surface area contributed by atoms with Gasteiger partial charge >= 0.3 is 5.97 Å². The number of hydrogen-bond donors (Lipinski definition) is 2. The number of methoxy groups -OCH3 is 1. The smallest absolute Gasteiger partial charge is 0.339 e. The van der Waals surface area contributed by atoms with E-state index < -0.39 is 5.97 Å².